The zero-order valence-corrected chi connectivity index (χ0v) is 19.0. The van der Waals surface area contributed by atoms with Gasteiger partial charge in [-0.1, -0.05) is 18.6 Å². The number of hydrogen-bond donors (Lipinski definition) is 2. The standard InChI is InChI=1S/C28H22F2N2O3/c1-16-15-19(7-8-20(16)29)32-22-10-9-21(30)25(33)24(22)23(17-3-5-18(6-4-17)27(34)35)26(32)28(13-14-31)11-2-12-28/h3-10,15,33H,2,11-13H2,1H3,(H,34,35). The summed E-state index contributed by atoms with van der Waals surface area (Å²) in [5.74, 6) is -2.75. The van der Waals surface area contributed by atoms with Gasteiger partial charge in [-0.3, -0.25) is 0 Å². The van der Waals surface area contributed by atoms with Crippen molar-refractivity contribution in [3.63, 3.8) is 0 Å². The molecule has 0 unspecified atom stereocenters. The lowest BCUT2D eigenvalue weighted by atomic mass is 9.63. The van der Waals surface area contributed by atoms with Crippen LogP contribution in [0.5, 0.6) is 5.75 Å². The Hall–Kier alpha value is -4.18. The Bertz CT molecular complexity index is 1530. The fourth-order valence-corrected chi connectivity index (χ4v) is 5.19. The number of aromatic nitrogens is 1. The molecule has 7 heteroatoms. The molecule has 0 spiro atoms. The summed E-state index contributed by atoms with van der Waals surface area (Å²) in [6, 6.07) is 15.9. The van der Waals surface area contributed by atoms with Crippen LogP contribution in [-0.2, 0) is 5.41 Å². The summed E-state index contributed by atoms with van der Waals surface area (Å²) in [6.45, 7) is 1.65. The van der Waals surface area contributed by atoms with E-state index in [-0.39, 0.29) is 23.2 Å². The monoisotopic (exact) mass is 472 g/mol. The largest absolute Gasteiger partial charge is 0.504 e. The Morgan fingerprint density at radius 1 is 1.09 bits per heavy atom. The second kappa shape index (κ2) is 8.24. The Labute approximate surface area is 200 Å². The number of aromatic hydroxyl groups is 1. The van der Waals surface area contributed by atoms with Crippen molar-refractivity contribution in [3.8, 4) is 28.6 Å². The van der Waals surface area contributed by atoms with E-state index >= 15 is 0 Å². The lowest BCUT2D eigenvalue weighted by Gasteiger charge is -2.42. The predicted molar refractivity (Wildman–Crippen MR) is 128 cm³/mol. The number of aryl methyl sites for hydroxylation is 1. The van der Waals surface area contributed by atoms with Crippen LogP contribution in [0.3, 0.4) is 0 Å². The number of carboxylic acids is 1. The van der Waals surface area contributed by atoms with Gasteiger partial charge in [0.1, 0.15) is 5.82 Å². The molecule has 1 aliphatic carbocycles. The van der Waals surface area contributed by atoms with Gasteiger partial charge in [0.15, 0.2) is 11.6 Å². The third-order valence-corrected chi connectivity index (χ3v) is 7.11. The molecule has 0 amide bonds. The van der Waals surface area contributed by atoms with E-state index in [2.05, 4.69) is 6.07 Å². The number of nitriles is 1. The zero-order valence-electron chi connectivity index (χ0n) is 19.0. The zero-order chi connectivity index (χ0) is 24.9. The van der Waals surface area contributed by atoms with Crippen LogP contribution in [0.1, 0.15) is 47.3 Å². The van der Waals surface area contributed by atoms with Gasteiger partial charge < -0.3 is 14.8 Å². The van der Waals surface area contributed by atoms with Gasteiger partial charge >= 0.3 is 5.97 Å². The second-order valence-electron chi connectivity index (χ2n) is 9.13. The van der Waals surface area contributed by atoms with E-state index in [9.17, 15) is 29.1 Å². The SMILES string of the molecule is Cc1cc(-n2c(C3(CC#N)CCC3)c(-c3ccc(C(=O)O)cc3)c3c(O)c(F)ccc32)ccc1F. The van der Waals surface area contributed by atoms with Gasteiger partial charge in [0.2, 0.25) is 0 Å². The number of aromatic carboxylic acids is 1. The first-order chi connectivity index (χ1) is 16.8. The molecule has 176 valence electrons. The number of fused-ring (bicyclic) bond motifs is 1. The lowest BCUT2D eigenvalue weighted by molar-refractivity contribution is 0.0697. The van der Waals surface area contributed by atoms with Gasteiger partial charge in [0.25, 0.3) is 0 Å². The lowest BCUT2D eigenvalue weighted by Crippen LogP contribution is -2.36. The average Bonchev–Trinajstić information content (AvgIpc) is 3.16. The first-order valence-electron chi connectivity index (χ1n) is 11.3. The topological polar surface area (TPSA) is 86.2 Å². The molecule has 3 aromatic carbocycles. The van der Waals surface area contributed by atoms with Gasteiger partial charge in [0.05, 0.1) is 22.5 Å². The van der Waals surface area contributed by atoms with Crippen LogP contribution in [0.25, 0.3) is 27.7 Å². The van der Waals surface area contributed by atoms with E-state index in [0.29, 0.717) is 27.9 Å². The summed E-state index contributed by atoms with van der Waals surface area (Å²) in [6.07, 6.45) is 2.57. The molecule has 0 bridgehead atoms. The van der Waals surface area contributed by atoms with E-state index in [1.165, 1.54) is 24.3 Å². The third kappa shape index (κ3) is 3.45. The highest BCUT2D eigenvalue weighted by atomic mass is 19.1. The molecule has 1 saturated carbocycles. The molecule has 5 nitrogen and oxygen atoms in total. The number of phenolic OH excluding ortho intramolecular Hbond substituents is 1. The smallest absolute Gasteiger partial charge is 0.335 e. The maximum absolute atomic E-state index is 14.7. The van der Waals surface area contributed by atoms with E-state index in [4.69, 9.17) is 0 Å². The van der Waals surface area contributed by atoms with Crippen LogP contribution in [0.2, 0.25) is 0 Å². The van der Waals surface area contributed by atoms with Crippen molar-refractivity contribution in [1.29, 1.82) is 5.26 Å². The highest BCUT2D eigenvalue weighted by molar-refractivity contribution is 6.04. The number of benzene rings is 3. The first kappa shape index (κ1) is 22.6. The maximum Gasteiger partial charge on any atom is 0.335 e. The van der Waals surface area contributed by atoms with Gasteiger partial charge in [-0.15, -0.1) is 0 Å². The molecule has 2 N–H and O–H groups in total. The number of halogens is 2. The highest BCUT2D eigenvalue weighted by Crippen LogP contribution is 2.54. The molecule has 1 fully saturated rings. The fraction of sp³-hybridized carbons (Fsp3) is 0.214. The van der Waals surface area contributed by atoms with Crippen LogP contribution in [0, 0.1) is 29.9 Å². The Balaban J connectivity index is 1.95. The molecule has 0 radical (unpaired) electrons. The summed E-state index contributed by atoms with van der Waals surface area (Å²) in [5.41, 5.74) is 2.99. The number of nitrogens with zero attached hydrogens (tertiary/aromatic N) is 2. The second-order valence-corrected chi connectivity index (χ2v) is 9.13. The molecule has 4 aromatic rings. The van der Waals surface area contributed by atoms with Crippen LogP contribution in [0.4, 0.5) is 8.78 Å². The Morgan fingerprint density at radius 3 is 2.34 bits per heavy atom. The van der Waals surface area contributed by atoms with E-state index < -0.39 is 23.0 Å². The average molecular weight is 472 g/mol. The molecule has 5 rings (SSSR count). The van der Waals surface area contributed by atoms with E-state index in [1.54, 1.807) is 37.3 Å². The van der Waals surface area contributed by atoms with Crippen molar-refractivity contribution in [2.75, 3.05) is 0 Å². The van der Waals surface area contributed by atoms with Crippen LogP contribution in [0.15, 0.2) is 54.6 Å². The molecule has 1 aromatic heterocycles. The molecule has 0 atom stereocenters. The molecular weight excluding hydrogens is 450 g/mol. The molecule has 0 saturated heterocycles. The van der Waals surface area contributed by atoms with Gasteiger partial charge in [-0.05, 0) is 73.4 Å². The van der Waals surface area contributed by atoms with Crippen molar-refractivity contribution >= 4 is 16.9 Å². The number of carboxylic acid groups (broad SMARTS) is 1. The van der Waals surface area contributed by atoms with Crippen molar-refractivity contribution in [3.05, 3.63) is 83.1 Å². The first-order valence-corrected chi connectivity index (χ1v) is 11.3. The molecule has 1 heterocycles. The van der Waals surface area contributed by atoms with Gasteiger partial charge in [0, 0.05) is 28.8 Å². The Morgan fingerprint density at radius 2 is 1.77 bits per heavy atom. The van der Waals surface area contributed by atoms with Crippen molar-refractivity contribution in [2.45, 2.75) is 38.0 Å². The van der Waals surface area contributed by atoms with Gasteiger partial charge in [-0.2, -0.15) is 5.26 Å². The van der Waals surface area contributed by atoms with Crippen LogP contribution >= 0.6 is 0 Å². The minimum absolute atomic E-state index is 0.0963. The Kier molecular flexibility index (Phi) is 5.32. The molecule has 0 aliphatic heterocycles. The normalized spacial score (nSPS) is 14.5. The van der Waals surface area contributed by atoms with Gasteiger partial charge in [-0.25, -0.2) is 13.6 Å². The van der Waals surface area contributed by atoms with E-state index in [0.717, 1.165) is 25.0 Å². The predicted octanol–water partition coefficient (Wildman–Crippen LogP) is 6.62. The summed E-state index contributed by atoms with van der Waals surface area (Å²) >= 11 is 0. The maximum atomic E-state index is 14.7. The summed E-state index contributed by atoms with van der Waals surface area (Å²) in [7, 11) is 0. The van der Waals surface area contributed by atoms with Crippen LogP contribution in [-0.4, -0.2) is 20.7 Å². The number of phenols is 1. The highest BCUT2D eigenvalue weighted by Gasteiger charge is 2.44. The number of carbonyl (C=O) groups is 1. The van der Waals surface area contributed by atoms with E-state index in [1.807, 2.05) is 4.57 Å². The molecule has 1 aliphatic rings. The molecule has 35 heavy (non-hydrogen) atoms. The minimum Gasteiger partial charge on any atom is -0.504 e. The van der Waals surface area contributed by atoms with Crippen molar-refractivity contribution < 1.29 is 23.8 Å². The summed E-state index contributed by atoms with van der Waals surface area (Å²) in [5, 5.41) is 30.2. The summed E-state index contributed by atoms with van der Waals surface area (Å²) < 4.78 is 30.7. The number of rotatable bonds is 5. The quantitative estimate of drug-likeness (QED) is 0.342. The number of hydrogen-bond acceptors (Lipinski definition) is 3. The fourth-order valence-electron chi connectivity index (χ4n) is 5.19. The van der Waals surface area contributed by atoms with Crippen molar-refractivity contribution in [2.24, 2.45) is 0 Å². The van der Waals surface area contributed by atoms with Crippen LogP contribution < -0.4 is 0 Å². The third-order valence-electron chi connectivity index (χ3n) is 7.11. The summed E-state index contributed by atoms with van der Waals surface area (Å²) in [4.78, 5) is 11.4. The van der Waals surface area contributed by atoms with Crippen molar-refractivity contribution in [1.82, 2.24) is 4.57 Å². The minimum atomic E-state index is -1.07. The molecular formula is C28H22F2N2O3.